The van der Waals surface area contributed by atoms with E-state index in [9.17, 15) is 0 Å². The number of tetrazole rings is 1. The molecule has 0 aliphatic rings. The van der Waals surface area contributed by atoms with E-state index in [2.05, 4.69) is 64.2 Å². The minimum atomic E-state index is 0.647. The molecule has 5 rings (SSSR count). The fourth-order valence-electron chi connectivity index (χ4n) is 3.93. The smallest absolute Gasteiger partial charge is 0.214 e. The van der Waals surface area contributed by atoms with Gasteiger partial charge in [0.05, 0.1) is 12.2 Å². The lowest BCUT2D eigenvalue weighted by Crippen LogP contribution is -2.16. The first-order valence-electron chi connectivity index (χ1n) is 12.0. The number of nitrogens with zero attached hydrogens (tertiary/aromatic N) is 7. The lowest BCUT2D eigenvalue weighted by Gasteiger charge is -2.05. The molecule has 0 saturated heterocycles. The Morgan fingerprint density at radius 1 is 0.889 bits per heavy atom. The van der Waals surface area contributed by atoms with Crippen LogP contribution in [0.1, 0.15) is 23.2 Å². The van der Waals surface area contributed by atoms with Crippen molar-refractivity contribution in [3.63, 3.8) is 0 Å². The van der Waals surface area contributed by atoms with Crippen LogP contribution >= 0.6 is 11.8 Å². The molecular weight excluding hydrogens is 468 g/mol. The average Bonchev–Trinajstić information content (AvgIpc) is 3.54. The van der Waals surface area contributed by atoms with Gasteiger partial charge in [-0.25, -0.2) is 0 Å². The topological polar surface area (TPSA) is 86.3 Å². The fourth-order valence-corrected chi connectivity index (χ4v) is 4.76. The van der Waals surface area contributed by atoms with Crippen molar-refractivity contribution in [1.29, 1.82) is 0 Å². The van der Waals surface area contributed by atoms with Gasteiger partial charge in [-0.1, -0.05) is 90.1 Å². The molecule has 0 saturated carbocycles. The van der Waals surface area contributed by atoms with Crippen molar-refractivity contribution >= 4 is 11.8 Å². The maximum Gasteiger partial charge on any atom is 0.214 e. The van der Waals surface area contributed by atoms with Crippen molar-refractivity contribution in [1.82, 2.24) is 40.5 Å². The van der Waals surface area contributed by atoms with Crippen molar-refractivity contribution in [2.45, 2.75) is 31.6 Å². The van der Waals surface area contributed by atoms with Crippen LogP contribution in [0.2, 0.25) is 0 Å². The molecule has 0 bridgehead atoms. The van der Waals surface area contributed by atoms with Gasteiger partial charge in [-0.05, 0) is 48.0 Å². The zero-order valence-electron chi connectivity index (χ0n) is 20.2. The number of nitrogens with one attached hydrogen (secondary N) is 1. The summed E-state index contributed by atoms with van der Waals surface area (Å²) in [6.07, 6.45) is 0.977. The summed E-state index contributed by atoms with van der Waals surface area (Å²) in [6, 6.07) is 28.7. The molecule has 0 spiro atoms. The zero-order chi connectivity index (χ0) is 24.6. The number of hydrogen-bond donors (Lipinski definition) is 1. The van der Waals surface area contributed by atoms with E-state index in [0.717, 1.165) is 46.5 Å². The van der Waals surface area contributed by atoms with Gasteiger partial charge in [0, 0.05) is 17.9 Å². The summed E-state index contributed by atoms with van der Waals surface area (Å²) in [6.45, 7) is 4.27. The first-order chi connectivity index (χ1) is 17.8. The summed E-state index contributed by atoms with van der Waals surface area (Å²) in [5.41, 5.74) is 6.35. The molecule has 2 aromatic heterocycles. The molecule has 9 heteroatoms. The van der Waals surface area contributed by atoms with E-state index in [0.29, 0.717) is 13.1 Å². The first-order valence-corrected chi connectivity index (χ1v) is 13.0. The van der Waals surface area contributed by atoms with Crippen molar-refractivity contribution in [2.75, 3.05) is 12.3 Å². The molecule has 0 aliphatic heterocycles. The normalized spacial score (nSPS) is 11.1. The number of benzene rings is 3. The minimum absolute atomic E-state index is 0.647. The lowest BCUT2D eigenvalue weighted by molar-refractivity contribution is 0.576. The van der Waals surface area contributed by atoms with E-state index >= 15 is 0 Å². The third-order valence-corrected chi connectivity index (χ3v) is 6.65. The molecule has 0 atom stereocenters. The highest BCUT2D eigenvalue weighted by Gasteiger charge is 2.13. The van der Waals surface area contributed by atoms with Gasteiger partial charge in [0.15, 0.2) is 0 Å². The van der Waals surface area contributed by atoms with Gasteiger partial charge in [0.25, 0.3) is 0 Å². The third-order valence-electron chi connectivity index (χ3n) is 5.64. The second-order valence-electron chi connectivity index (χ2n) is 8.47. The van der Waals surface area contributed by atoms with Crippen LogP contribution in [0.5, 0.6) is 0 Å². The predicted octanol–water partition coefficient (Wildman–Crippen LogP) is 4.55. The maximum atomic E-state index is 4.83. The van der Waals surface area contributed by atoms with Crippen molar-refractivity contribution in [3.05, 3.63) is 102 Å². The van der Waals surface area contributed by atoms with Gasteiger partial charge in [-0.15, -0.1) is 5.10 Å². The van der Waals surface area contributed by atoms with Crippen LogP contribution in [-0.2, 0) is 13.1 Å². The highest BCUT2D eigenvalue weighted by atomic mass is 32.2. The third kappa shape index (κ3) is 6.05. The van der Waals surface area contributed by atoms with Gasteiger partial charge in [-0.2, -0.15) is 19.7 Å². The number of aryl methyl sites for hydroxylation is 1. The van der Waals surface area contributed by atoms with Crippen LogP contribution < -0.4 is 5.32 Å². The standard InChI is InChI=1S/C27H28N8S/c1-21-10-8-11-22(18-21)20-34-30-25(26(31-34)23-12-4-2-5-13-23)19-28-16-9-17-36-27-29-32-33-35(27)24-14-6-3-7-15-24/h2-8,10-15,18,28H,9,16-17,19-20H2,1H3. The molecule has 1 N–H and O–H groups in total. The molecule has 0 aliphatic carbocycles. The van der Waals surface area contributed by atoms with Gasteiger partial charge >= 0.3 is 0 Å². The fraction of sp³-hybridized carbons (Fsp3) is 0.222. The van der Waals surface area contributed by atoms with Crippen LogP contribution in [0, 0.1) is 6.92 Å². The van der Waals surface area contributed by atoms with Crippen molar-refractivity contribution < 1.29 is 0 Å². The Morgan fingerprint density at radius 3 is 2.50 bits per heavy atom. The molecule has 0 unspecified atom stereocenters. The Kier molecular flexibility index (Phi) is 7.80. The second kappa shape index (κ2) is 11.7. The minimum Gasteiger partial charge on any atom is -0.311 e. The summed E-state index contributed by atoms with van der Waals surface area (Å²) in [5, 5.41) is 26.1. The molecule has 182 valence electrons. The quantitative estimate of drug-likeness (QED) is 0.212. The molecule has 0 fully saturated rings. The summed E-state index contributed by atoms with van der Waals surface area (Å²) < 4.78 is 1.77. The molecule has 0 radical (unpaired) electrons. The van der Waals surface area contributed by atoms with Crippen LogP contribution in [0.4, 0.5) is 0 Å². The first kappa shape index (κ1) is 23.9. The van der Waals surface area contributed by atoms with Gasteiger partial charge < -0.3 is 5.32 Å². The van der Waals surface area contributed by atoms with E-state index < -0.39 is 0 Å². The number of thioether (sulfide) groups is 1. The van der Waals surface area contributed by atoms with Gasteiger partial charge in [0.2, 0.25) is 5.16 Å². The molecule has 8 nitrogen and oxygen atoms in total. The molecule has 36 heavy (non-hydrogen) atoms. The SMILES string of the molecule is Cc1cccc(Cn2nc(CNCCCSc3nnnn3-c3ccccc3)c(-c3ccccc3)n2)c1. The van der Waals surface area contributed by atoms with Gasteiger partial charge in [-0.3, -0.25) is 0 Å². The van der Waals surface area contributed by atoms with Crippen LogP contribution in [-0.4, -0.2) is 47.5 Å². The summed E-state index contributed by atoms with van der Waals surface area (Å²) in [4.78, 5) is 1.80. The van der Waals surface area contributed by atoms with E-state index in [-0.39, 0.29) is 0 Å². The Morgan fingerprint density at radius 2 is 1.69 bits per heavy atom. The van der Waals surface area contributed by atoms with E-state index in [1.165, 1.54) is 11.1 Å². The monoisotopic (exact) mass is 496 g/mol. The molecular formula is C27H28N8S. The Hall–Kier alpha value is -3.82. The zero-order valence-corrected chi connectivity index (χ0v) is 21.0. The van der Waals surface area contributed by atoms with Crippen LogP contribution in [0.25, 0.3) is 16.9 Å². The average molecular weight is 497 g/mol. The van der Waals surface area contributed by atoms with E-state index in [1.807, 2.05) is 48.5 Å². The molecule has 3 aromatic carbocycles. The lowest BCUT2D eigenvalue weighted by atomic mass is 10.1. The van der Waals surface area contributed by atoms with Crippen LogP contribution in [0.3, 0.4) is 0 Å². The predicted molar refractivity (Wildman–Crippen MR) is 142 cm³/mol. The molecule has 0 amide bonds. The molecule has 2 heterocycles. The Labute approximate surface area is 214 Å². The highest BCUT2D eigenvalue weighted by Crippen LogP contribution is 2.21. The van der Waals surface area contributed by atoms with Crippen molar-refractivity contribution in [3.8, 4) is 16.9 Å². The largest absolute Gasteiger partial charge is 0.311 e. The highest BCUT2D eigenvalue weighted by molar-refractivity contribution is 7.99. The van der Waals surface area contributed by atoms with E-state index in [4.69, 9.17) is 10.2 Å². The molecule has 5 aromatic rings. The maximum absolute atomic E-state index is 4.83. The summed E-state index contributed by atoms with van der Waals surface area (Å²) in [7, 11) is 0. The summed E-state index contributed by atoms with van der Waals surface area (Å²) >= 11 is 1.66. The number of para-hydroxylation sites is 1. The number of hydrogen-bond acceptors (Lipinski definition) is 7. The second-order valence-corrected chi connectivity index (χ2v) is 9.53. The Bertz CT molecular complexity index is 1380. The number of aromatic nitrogens is 7. The Balaban J connectivity index is 1.18. The van der Waals surface area contributed by atoms with Gasteiger partial charge in [0.1, 0.15) is 11.4 Å². The van der Waals surface area contributed by atoms with E-state index in [1.54, 1.807) is 21.2 Å². The van der Waals surface area contributed by atoms with Crippen LogP contribution in [0.15, 0.2) is 90.1 Å². The summed E-state index contributed by atoms with van der Waals surface area (Å²) in [5.74, 6) is 0.909. The number of rotatable bonds is 11. The van der Waals surface area contributed by atoms with Crippen molar-refractivity contribution in [2.24, 2.45) is 0 Å².